The molecule has 0 aliphatic rings. The fourth-order valence-corrected chi connectivity index (χ4v) is 2.37. The normalized spacial score (nSPS) is 10.4. The first-order valence-electron chi connectivity index (χ1n) is 6.40. The lowest BCUT2D eigenvalue weighted by atomic mass is 9.97. The lowest BCUT2D eigenvalue weighted by Gasteiger charge is -2.06. The molecule has 1 N–H and O–H groups in total. The molecular weight excluding hydrogens is 232 g/mol. The van der Waals surface area contributed by atoms with Gasteiger partial charge in [0.05, 0.1) is 6.61 Å². The van der Waals surface area contributed by atoms with Crippen LogP contribution < -0.4 is 0 Å². The quantitative estimate of drug-likeness (QED) is 0.512. The molecular formula is C18H14O. The van der Waals surface area contributed by atoms with Crippen molar-refractivity contribution in [2.45, 2.75) is 6.42 Å². The largest absolute Gasteiger partial charge is 0.395 e. The van der Waals surface area contributed by atoms with Crippen molar-refractivity contribution >= 4 is 21.5 Å². The Labute approximate surface area is 112 Å². The summed E-state index contributed by atoms with van der Waals surface area (Å²) in [6, 6.07) is 18.8. The topological polar surface area (TPSA) is 20.2 Å². The van der Waals surface area contributed by atoms with Crippen LogP contribution in [0.1, 0.15) is 12.0 Å². The predicted molar refractivity (Wildman–Crippen MR) is 80.0 cm³/mol. The zero-order valence-corrected chi connectivity index (χ0v) is 10.6. The maximum absolute atomic E-state index is 8.83. The van der Waals surface area contributed by atoms with Gasteiger partial charge in [0.25, 0.3) is 0 Å². The minimum atomic E-state index is 0.110. The summed E-state index contributed by atoms with van der Waals surface area (Å²) >= 11 is 0. The molecule has 92 valence electrons. The van der Waals surface area contributed by atoms with E-state index in [9.17, 15) is 0 Å². The molecule has 1 heteroatoms. The second kappa shape index (κ2) is 5.14. The van der Waals surface area contributed by atoms with E-state index >= 15 is 0 Å². The van der Waals surface area contributed by atoms with Gasteiger partial charge >= 0.3 is 0 Å². The van der Waals surface area contributed by atoms with Gasteiger partial charge in [-0.1, -0.05) is 60.4 Å². The Balaban J connectivity index is 2.34. The van der Waals surface area contributed by atoms with E-state index in [4.69, 9.17) is 5.11 Å². The monoisotopic (exact) mass is 246 g/mol. The summed E-state index contributed by atoms with van der Waals surface area (Å²) in [6.45, 7) is 0.110. The number of hydrogen-bond donors (Lipinski definition) is 1. The van der Waals surface area contributed by atoms with Crippen LogP contribution in [-0.2, 0) is 0 Å². The first-order chi connectivity index (χ1) is 9.40. The van der Waals surface area contributed by atoms with Crippen molar-refractivity contribution in [3.8, 4) is 11.8 Å². The van der Waals surface area contributed by atoms with E-state index in [0.717, 1.165) is 5.56 Å². The van der Waals surface area contributed by atoms with Gasteiger partial charge in [-0.15, -0.1) is 0 Å². The number of fused-ring (bicyclic) bond motifs is 3. The molecule has 3 aromatic carbocycles. The molecule has 19 heavy (non-hydrogen) atoms. The summed E-state index contributed by atoms with van der Waals surface area (Å²) in [5.41, 5.74) is 1.03. The van der Waals surface area contributed by atoms with Crippen molar-refractivity contribution in [1.82, 2.24) is 0 Å². The van der Waals surface area contributed by atoms with Gasteiger partial charge < -0.3 is 5.11 Å². The van der Waals surface area contributed by atoms with Crippen LogP contribution in [0.4, 0.5) is 0 Å². The molecule has 0 unspecified atom stereocenters. The summed E-state index contributed by atoms with van der Waals surface area (Å²) in [5.74, 6) is 6.18. The summed E-state index contributed by atoms with van der Waals surface area (Å²) < 4.78 is 0. The highest BCUT2D eigenvalue weighted by Gasteiger charge is 2.03. The van der Waals surface area contributed by atoms with Gasteiger partial charge in [0, 0.05) is 12.0 Å². The minimum absolute atomic E-state index is 0.110. The highest BCUT2D eigenvalue weighted by molar-refractivity contribution is 6.09. The first-order valence-corrected chi connectivity index (χ1v) is 6.40. The Morgan fingerprint density at radius 2 is 1.53 bits per heavy atom. The fourth-order valence-electron chi connectivity index (χ4n) is 2.37. The maximum atomic E-state index is 8.83. The smallest absolute Gasteiger partial charge is 0.0540 e. The molecule has 0 aliphatic heterocycles. The van der Waals surface area contributed by atoms with E-state index in [0.29, 0.717) is 6.42 Å². The molecule has 0 amide bonds. The van der Waals surface area contributed by atoms with Gasteiger partial charge in [-0.3, -0.25) is 0 Å². The average molecular weight is 246 g/mol. The van der Waals surface area contributed by atoms with Gasteiger partial charge in [0.15, 0.2) is 0 Å². The molecule has 3 aromatic rings. The van der Waals surface area contributed by atoms with E-state index in [1.165, 1.54) is 21.5 Å². The van der Waals surface area contributed by atoms with Gasteiger partial charge in [0.1, 0.15) is 0 Å². The van der Waals surface area contributed by atoms with Gasteiger partial charge in [-0.05, 0) is 27.6 Å². The SMILES string of the molecule is OCCC#Cc1cc2ccccc2c2ccccc12. The van der Waals surface area contributed by atoms with Crippen molar-refractivity contribution in [3.05, 3.63) is 60.2 Å². The van der Waals surface area contributed by atoms with E-state index in [1.807, 2.05) is 12.1 Å². The lowest BCUT2D eigenvalue weighted by Crippen LogP contribution is -1.84. The van der Waals surface area contributed by atoms with Gasteiger partial charge in [-0.25, -0.2) is 0 Å². The number of aliphatic hydroxyl groups excluding tert-OH is 1. The minimum Gasteiger partial charge on any atom is -0.395 e. The predicted octanol–water partition coefficient (Wildman–Crippen LogP) is 3.73. The van der Waals surface area contributed by atoms with E-state index in [2.05, 4.69) is 54.3 Å². The molecule has 0 bridgehead atoms. The van der Waals surface area contributed by atoms with Gasteiger partial charge in [0.2, 0.25) is 0 Å². The number of rotatable bonds is 1. The van der Waals surface area contributed by atoms with Crippen LogP contribution >= 0.6 is 0 Å². The van der Waals surface area contributed by atoms with E-state index in [-0.39, 0.29) is 6.61 Å². The molecule has 0 radical (unpaired) electrons. The second-order valence-corrected chi connectivity index (χ2v) is 4.47. The molecule has 3 rings (SSSR count). The Morgan fingerprint density at radius 1 is 0.842 bits per heavy atom. The van der Waals surface area contributed by atoms with Crippen LogP contribution in [0.5, 0.6) is 0 Å². The highest BCUT2D eigenvalue weighted by atomic mass is 16.2. The molecule has 1 nitrogen and oxygen atoms in total. The zero-order chi connectivity index (χ0) is 13.1. The number of benzene rings is 3. The standard InChI is InChI=1S/C18H14O/c19-12-6-5-8-15-13-14-7-1-2-9-16(14)18-11-4-3-10-17(15)18/h1-4,7,9-11,13,19H,6,12H2. The van der Waals surface area contributed by atoms with Crippen molar-refractivity contribution in [3.63, 3.8) is 0 Å². The molecule has 0 heterocycles. The van der Waals surface area contributed by atoms with Crippen LogP contribution in [0.2, 0.25) is 0 Å². The third-order valence-electron chi connectivity index (χ3n) is 3.23. The lowest BCUT2D eigenvalue weighted by molar-refractivity contribution is 0.305. The maximum Gasteiger partial charge on any atom is 0.0540 e. The van der Waals surface area contributed by atoms with Crippen LogP contribution in [0, 0.1) is 11.8 Å². The summed E-state index contributed by atoms with van der Waals surface area (Å²) in [4.78, 5) is 0. The zero-order valence-electron chi connectivity index (χ0n) is 10.6. The summed E-state index contributed by atoms with van der Waals surface area (Å²) in [6.07, 6.45) is 0.515. The molecule has 0 aromatic heterocycles. The molecule has 0 spiro atoms. The van der Waals surface area contributed by atoms with Crippen LogP contribution in [0.15, 0.2) is 54.6 Å². The molecule has 0 fully saturated rings. The Hall–Kier alpha value is -2.30. The van der Waals surface area contributed by atoms with Crippen molar-refractivity contribution in [2.24, 2.45) is 0 Å². The van der Waals surface area contributed by atoms with Crippen molar-refractivity contribution in [2.75, 3.05) is 6.61 Å². The van der Waals surface area contributed by atoms with Crippen LogP contribution in [0.3, 0.4) is 0 Å². The second-order valence-electron chi connectivity index (χ2n) is 4.47. The Bertz CT molecular complexity index is 791. The summed E-state index contributed by atoms with van der Waals surface area (Å²) in [5, 5.41) is 13.7. The third-order valence-corrected chi connectivity index (χ3v) is 3.23. The molecule has 0 atom stereocenters. The average Bonchev–Trinajstić information content (AvgIpc) is 2.47. The first kappa shape index (κ1) is 11.8. The number of aliphatic hydroxyl groups is 1. The third kappa shape index (κ3) is 2.19. The number of hydrogen-bond acceptors (Lipinski definition) is 1. The van der Waals surface area contributed by atoms with Gasteiger partial charge in [-0.2, -0.15) is 0 Å². The van der Waals surface area contributed by atoms with E-state index < -0.39 is 0 Å². The van der Waals surface area contributed by atoms with Crippen LogP contribution in [-0.4, -0.2) is 11.7 Å². The molecule has 0 saturated heterocycles. The summed E-state index contributed by atoms with van der Waals surface area (Å²) in [7, 11) is 0. The van der Waals surface area contributed by atoms with Crippen molar-refractivity contribution < 1.29 is 5.11 Å². The highest BCUT2D eigenvalue weighted by Crippen LogP contribution is 2.28. The molecule has 0 saturated carbocycles. The Kier molecular flexibility index (Phi) is 3.18. The fraction of sp³-hybridized carbons (Fsp3) is 0.111. The Morgan fingerprint density at radius 3 is 2.32 bits per heavy atom. The van der Waals surface area contributed by atoms with Crippen LogP contribution in [0.25, 0.3) is 21.5 Å². The van der Waals surface area contributed by atoms with Crippen molar-refractivity contribution in [1.29, 1.82) is 0 Å². The van der Waals surface area contributed by atoms with E-state index in [1.54, 1.807) is 0 Å². The molecule has 0 aliphatic carbocycles.